The molecule has 2 N–H and O–H groups in total. The molecule has 2 aromatic carbocycles. The van der Waals surface area contributed by atoms with E-state index in [1.807, 2.05) is 36.4 Å². The maximum Gasteiger partial charge on any atom is 0.254 e. The molecular formula is C17H17N3O. The summed E-state index contributed by atoms with van der Waals surface area (Å²) in [6.45, 7) is 1.43. The average Bonchev–Trinajstić information content (AvgIpc) is 2.55. The monoisotopic (exact) mass is 279 g/mol. The minimum Gasteiger partial charge on any atom is -0.333 e. The van der Waals surface area contributed by atoms with Gasteiger partial charge in [0.25, 0.3) is 5.91 Å². The summed E-state index contributed by atoms with van der Waals surface area (Å²) in [5.41, 5.74) is 7.78. The van der Waals surface area contributed by atoms with Crippen LogP contribution in [0.1, 0.15) is 21.5 Å². The van der Waals surface area contributed by atoms with E-state index in [9.17, 15) is 4.79 Å². The normalized spacial score (nSPS) is 9.90. The van der Waals surface area contributed by atoms with E-state index in [-0.39, 0.29) is 5.91 Å². The van der Waals surface area contributed by atoms with Crippen molar-refractivity contribution in [3.63, 3.8) is 0 Å². The lowest BCUT2D eigenvalue weighted by atomic mass is 10.1. The van der Waals surface area contributed by atoms with Gasteiger partial charge in [-0.1, -0.05) is 30.3 Å². The molecule has 0 aliphatic rings. The highest BCUT2D eigenvalue weighted by Gasteiger charge is 2.15. The van der Waals surface area contributed by atoms with Crippen LogP contribution in [0.4, 0.5) is 0 Å². The van der Waals surface area contributed by atoms with Gasteiger partial charge in [-0.05, 0) is 29.8 Å². The predicted molar refractivity (Wildman–Crippen MR) is 81.4 cm³/mol. The Balaban J connectivity index is 2.16. The van der Waals surface area contributed by atoms with Gasteiger partial charge in [-0.3, -0.25) is 4.79 Å². The smallest absolute Gasteiger partial charge is 0.254 e. The molecule has 0 fully saturated rings. The highest BCUT2D eigenvalue weighted by Crippen LogP contribution is 2.11. The van der Waals surface area contributed by atoms with Gasteiger partial charge < -0.3 is 10.6 Å². The van der Waals surface area contributed by atoms with E-state index in [0.29, 0.717) is 30.8 Å². The van der Waals surface area contributed by atoms with Crippen molar-refractivity contribution in [1.82, 2.24) is 4.90 Å². The van der Waals surface area contributed by atoms with Crippen molar-refractivity contribution in [3.05, 3.63) is 71.3 Å². The second kappa shape index (κ2) is 7.22. The molecule has 4 heteroatoms. The molecule has 0 heterocycles. The largest absolute Gasteiger partial charge is 0.333 e. The van der Waals surface area contributed by atoms with Crippen LogP contribution in [-0.4, -0.2) is 23.9 Å². The number of benzene rings is 2. The minimum atomic E-state index is -0.0752. The quantitative estimate of drug-likeness (QED) is 0.911. The van der Waals surface area contributed by atoms with Gasteiger partial charge in [0.2, 0.25) is 0 Å². The highest BCUT2D eigenvalue weighted by atomic mass is 16.2. The zero-order valence-corrected chi connectivity index (χ0v) is 11.7. The Kier molecular flexibility index (Phi) is 5.08. The van der Waals surface area contributed by atoms with Crippen LogP contribution < -0.4 is 5.73 Å². The minimum absolute atomic E-state index is 0.0752. The molecule has 0 unspecified atom stereocenters. The van der Waals surface area contributed by atoms with Gasteiger partial charge in [-0.15, -0.1) is 0 Å². The Hall–Kier alpha value is -2.64. The van der Waals surface area contributed by atoms with Crippen molar-refractivity contribution < 1.29 is 4.79 Å². The Morgan fingerprint density at radius 1 is 1.10 bits per heavy atom. The molecule has 0 aromatic heterocycles. The van der Waals surface area contributed by atoms with Crippen LogP contribution in [0.3, 0.4) is 0 Å². The van der Waals surface area contributed by atoms with E-state index < -0.39 is 0 Å². The fourth-order valence-corrected chi connectivity index (χ4v) is 2.08. The van der Waals surface area contributed by atoms with Crippen LogP contribution in [0.25, 0.3) is 0 Å². The van der Waals surface area contributed by atoms with Crippen LogP contribution in [-0.2, 0) is 6.54 Å². The van der Waals surface area contributed by atoms with E-state index in [4.69, 9.17) is 11.0 Å². The molecule has 2 aromatic rings. The molecule has 1 amide bonds. The molecular weight excluding hydrogens is 262 g/mol. The van der Waals surface area contributed by atoms with Gasteiger partial charge in [-0.2, -0.15) is 5.26 Å². The third kappa shape index (κ3) is 3.91. The Labute approximate surface area is 124 Å². The van der Waals surface area contributed by atoms with Crippen molar-refractivity contribution in [1.29, 1.82) is 5.26 Å². The van der Waals surface area contributed by atoms with Gasteiger partial charge in [0.05, 0.1) is 11.6 Å². The number of rotatable bonds is 5. The number of carbonyl (C=O) groups is 1. The van der Waals surface area contributed by atoms with Crippen LogP contribution in [0.2, 0.25) is 0 Å². The molecule has 4 nitrogen and oxygen atoms in total. The number of hydrogen-bond acceptors (Lipinski definition) is 3. The zero-order chi connectivity index (χ0) is 15.1. The van der Waals surface area contributed by atoms with Crippen LogP contribution in [0.15, 0.2) is 54.6 Å². The SMILES string of the molecule is N#Cc1ccc(C(=O)N(CCN)Cc2ccccc2)cc1. The lowest BCUT2D eigenvalue weighted by molar-refractivity contribution is 0.0748. The average molecular weight is 279 g/mol. The first-order valence-electron chi connectivity index (χ1n) is 6.78. The van der Waals surface area contributed by atoms with Gasteiger partial charge >= 0.3 is 0 Å². The number of nitrogens with two attached hydrogens (primary N) is 1. The van der Waals surface area contributed by atoms with E-state index >= 15 is 0 Å². The summed E-state index contributed by atoms with van der Waals surface area (Å²) in [6.07, 6.45) is 0. The topological polar surface area (TPSA) is 70.1 Å². The number of amides is 1. The summed E-state index contributed by atoms with van der Waals surface area (Å²) in [4.78, 5) is 14.2. The van der Waals surface area contributed by atoms with Gasteiger partial charge in [0, 0.05) is 25.2 Å². The first kappa shape index (κ1) is 14.8. The van der Waals surface area contributed by atoms with E-state index in [0.717, 1.165) is 5.56 Å². The first-order valence-corrected chi connectivity index (χ1v) is 6.78. The molecule has 0 saturated heterocycles. The molecule has 0 spiro atoms. The second-order valence-electron chi connectivity index (χ2n) is 4.69. The number of carbonyl (C=O) groups excluding carboxylic acids is 1. The van der Waals surface area contributed by atoms with Crippen molar-refractivity contribution in [2.75, 3.05) is 13.1 Å². The molecule has 106 valence electrons. The van der Waals surface area contributed by atoms with E-state index in [1.165, 1.54) is 0 Å². The third-order valence-corrected chi connectivity index (χ3v) is 3.16. The molecule has 0 bridgehead atoms. The first-order chi connectivity index (χ1) is 10.2. The van der Waals surface area contributed by atoms with Crippen molar-refractivity contribution in [3.8, 4) is 6.07 Å². The summed E-state index contributed by atoms with van der Waals surface area (Å²) in [6, 6.07) is 18.5. The standard InChI is InChI=1S/C17H17N3O/c18-10-11-20(13-15-4-2-1-3-5-15)17(21)16-8-6-14(12-19)7-9-16/h1-9H,10-11,13,18H2. The highest BCUT2D eigenvalue weighted by molar-refractivity contribution is 5.94. The van der Waals surface area contributed by atoms with E-state index in [2.05, 4.69) is 0 Å². The van der Waals surface area contributed by atoms with Crippen molar-refractivity contribution in [2.24, 2.45) is 5.73 Å². The number of hydrogen-bond donors (Lipinski definition) is 1. The van der Waals surface area contributed by atoms with Crippen LogP contribution >= 0.6 is 0 Å². The summed E-state index contributed by atoms with van der Waals surface area (Å²) >= 11 is 0. The van der Waals surface area contributed by atoms with Gasteiger partial charge in [0.1, 0.15) is 0 Å². The molecule has 0 atom stereocenters. The Morgan fingerprint density at radius 2 is 1.76 bits per heavy atom. The van der Waals surface area contributed by atoms with E-state index in [1.54, 1.807) is 29.2 Å². The lowest BCUT2D eigenvalue weighted by Crippen LogP contribution is -2.34. The maximum absolute atomic E-state index is 12.5. The number of nitriles is 1. The fraction of sp³-hybridized carbons (Fsp3) is 0.176. The van der Waals surface area contributed by atoms with Gasteiger partial charge in [-0.25, -0.2) is 0 Å². The Bertz CT molecular complexity index is 629. The molecule has 0 aliphatic carbocycles. The fourth-order valence-electron chi connectivity index (χ4n) is 2.08. The van der Waals surface area contributed by atoms with Crippen molar-refractivity contribution in [2.45, 2.75) is 6.54 Å². The molecule has 2 rings (SSSR count). The summed E-state index contributed by atoms with van der Waals surface area (Å²) in [5.74, 6) is -0.0752. The molecule has 0 aliphatic heterocycles. The van der Waals surface area contributed by atoms with Crippen LogP contribution in [0.5, 0.6) is 0 Å². The molecule has 0 radical (unpaired) electrons. The summed E-state index contributed by atoms with van der Waals surface area (Å²) < 4.78 is 0. The second-order valence-corrected chi connectivity index (χ2v) is 4.69. The van der Waals surface area contributed by atoms with Crippen molar-refractivity contribution >= 4 is 5.91 Å². The summed E-state index contributed by atoms with van der Waals surface area (Å²) in [5, 5.41) is 8.79. The lowest BCUT2D eigenvalue weighted by Gasteiger charge is -2.22. The van der Waals surface area contributed by atoms with Crippen LogP contribution in [0, 0.1) is 11.3 Å². The van der Waals surface area contributed by atoms with Gasteiger partial charge in [0.15, 0.2) is 0 Å². The number of nitrogens with zero attached hydrogens (tertiary/aromatic N) is 2. The predicted octanol–water partition coefficient (Wildman–Crippen LogP) is 2.16. The summed E-state index contributed by atoms with van der Waals surface area (Å²) in [7, 11) is 0. The zero-order valence-electron chi connectivity index (χ0n) is 11.7. The molecule has 21 heavy (non-hydrogen) atoms. The molecule has 0 saturated carbocycles. The third-order valence-electron chi connectivity index (χ3n) is 3.16. The maximum atomic E-state index is 12.5. The Morgan fingerprint density at radius 3 is 2.33 bits per heavy atom.